The lowest BCUT2D eigenvalue weighted by Crippen LogP contribution is -2.19. The van der Waals surface area contributed by atoms with Crippen molar-refractivity contribution in [3.8, 4) is 0 Å². The molecule has 1 heterocycles. The quantitative estimate of drug-likeness (QED) is 0.878. The molecule has 3 nitrogen and oxygen atoms in total. The molecule has 0 fully saturated rings. The number of rotatable bonds is 5. The summed E-state index contributed by atoms with van der Waals surface area (Å²) in [5, 5.41) is 10.5. The number of unbranched alkanes of at least 4 members (excludes halogenated alkanes) is 1. The smallest absolute Gasteiger partial charge is 0.129 e. The monoisotopic (exact) mass is 244 g/mol. The lowest BCUT2D eigenvalue weighted by molar-refractivity contribution is 0.283. The number of pyridine rings is 1. The molecular formula is C15H20N2O. The zero-order valence-corrected chi connectivity index (χ0v) is 11.1. The van der Waals surface area contributed by atoms with Crippen LogP contribution in [0.3, 0.4) is 0 Å². The van der Waals surface area contributed by atoms with Gasteiger partial charge in [0.2, 0.25) is 0 Å². The van der Waals surface area contributed by atoms with Crippen molar-refractivity contribution >= 4 is 16.7 Å². The Kier molecular flexibility index (Phi) is 4.15. The van der Waals surface area contributed by atoms with E-state index in [0.29, 0.717) is 0 Å². The molecule has 2 aromatic rings. The Labute approximate surface area is 108 Å². The Hall–Kier alpha value is -1.61. The Balaban J connectivity index is 2.40. The van der Waals surface area contributed by atoms with Gasteiger partial charge in [-0.3, -0.25) is 0 Å². The maximum Gasteiger partial charge on any atom is 0.129 e. The molecule has 1 aromatic carbocycles. The summed E-state index contributed by atoms with van der Waals surface area (Å²) in [4.78, 5) is 6.80. The number of anilines is 1. The first-order valence-electron chi connectivity index (χ1n) is 6.47. The van der Waals surface area contributed by atoms with Gasteiger partial charge in [-0.2, -0.15) is 0 Å². The molecule has 1 aromatic heterocycles. The van der Waals surface area contributed by atoms with Crippen LogP contribution in [-0.4, -0.2) is 23.7 Å². The standard InChI is InChI=1S/C15H20N2O/c1-3-4-9-17(2)15-10-12(11-18)13-7-5-6-8-14(13)16-15/h5-8,10,18H,3-4,9,11H2,1-2H3. The Morgan fingerprint density at radius 1 is 1.28 bits per heavy atom. The number of aliphatic hydroxyl groups is 1. The van der Waals surface area contributed by atoms with Crippen molar-refractivity contribution in [2.45, 2.75) is 26.4 Å². The van der Waals surface area contributed by atoms with Crippen LogP contribution in [0.5, 0.6) is 0 Å². The van der Waals surface area contributed by atoms with Crippen molar-refractivity contribution in [1.82, 2.24) is 4.98 Å². The number of fused-ring (bicyclic) bond motifs is 1. The summed E-state index contributed by atoms with van der Waals surface area (Å²) in [6.45, 7) is 3.23. The van der Waals surface area contributed by atoms with Gasteiger partial charge in [0.25, 0.3) is 0 Å². The predicted molar refractivity (Wildman–Crippen MR) is 75.8 cm³/mol. The molecule has 0 unspecified atom stereocenters. The van der Waals surface area contributed by atoms with E-state index in [1.807, 2.05) is 37.4 Å². The molecule has 0 saturated carbocycles. The molecule has 3 heteroatoms. The summed E-state index contributed by atoms with van der Waals surface area (Å²) < 4.78 is 0. The molecule has 0 radical (unpaired) electrons. The lowest BCUT2D eigenvalue weighted by atomic mass is 10.1. The Morgan fingerprint density at radius 2 is 2.06 bits per heavy atom. The van der Waals surface area contributed by atoms with Crippen molar-refractivity contribution in [1.29, 1.82) is 0 Å². The van der Waals surface area contributed by atoms with Crippen molar-refractivity contribution in [2.24, 2.45) is 0 Å². The van der Waals surface area contributed by atoms with Crippen LogP contribution < -0.4 is 4.90 Å². The SMILES string of the molecule is CCCCN(C)c1cc(CO)c2ccccc2n1. The summed E-state index contributed by atoms with van der Waals surface area (Å²) in [6.07, 6.45) is 2.32. The first kappa shape index (κ1) is 12.8. The number of aromatic nitrogens is 1. The zero-order valence-electron chi connectivity index (χ0n) is 11.1. The molecule has 1 N–H and O–H groups in total. The van der Waals surface area contributed by atoms with Crippen LogP contribution >= 0.6 is 0 Å². The summed E-state index contributed by atoms with van der Waals surface area (Å²) in [7, 11) is 2.05. The van der Waals surface area contributed by atoms with Gasteiger partial charge >= 0.3 is 0 Å². The topological polar surface area (TPSA) is 36.4 Å². The van der Waals surface area contributed by atoms with Gasteiger partial charge in [-0.15, -0.1) is 0 Å². The van der Waals surface area contributed by atoms with E-state index >= 15 is 0 Å². The number of benzene rings is 1. The normalized spacial score (nSPS) is 10.8. The van der Waals surface area contributed by atoms with Gasteiger partial charge in [-0.1, -0.05) is 31.5 Å². The first-order chi connectivity index (χ1) is 8.76. The van der Waals surface area contributed by atoms with Crippen LogP contribution in [-0.2, 0) is 6.61 Å². The van der Waals surface area contributed by atoms with Crippen LogP contribution in [0.15, 0.2) is 30.3 Å². The third kappa shape index (κ3) is 2.62. The van der Waals surface area contributed by atoms with Gasteiger partial charge in [-0.25, -0.2) is 4.98 Å². The maximum absolute atomic E-state index is 9.47. The fraction of sp³-hybridized carbons (Fsp3) is 0.400. The van der Waals surface area contributed by atoms with Crippen molar-refractivity contribution in [2.75, 3.05) is 18.5 Å². The van der Waals surface area contributed by atoms with E-state index in [0.717, 1.165) is 35.2 Å². The minimum atomic E-state index is 0.0532. The first-order valence-corrected chi connectivity index (χ1v) is 6.47. The highest BCUT2D eigenvalue weighted by Crippen LogP contribution is 2.22. The van der Waals surface area contributed by atoms with Crippen molar-refractivity contribution < 1.29 is 5.11 Å². The second kappa shape index (κ2) is 5.83. The second-order valence-electron chi connectivity index (χ2n) is 4.59. The third-order valence-electron chi connectivity index (χ3n) is 3.20. The van der Waals surface area contributed by atoms with Crippen LogP contribution in [0.4, 0.5) is 5.82 Å². The van der Waals surface area contributed by atoms with Crippen LogP contribution in [0.2, 0.25) is 0 Å². The summed E-state index contributed by atoms with van der Waals surface area (Å²) in [6, 6.07) is 9.93. The third-order valence-corrected chi connectivity index (χ3v) is 3.20. The maximum atomic E-state index is 9.47. The minimum Gasteiger partial charge on any atom is -0.392 e. The Morgan fingerprint density at radius 3 is 2.78 bits per heavy atom. The second-order valence-corrected chi connectivity index (χ2v) is 4.59. The lowest BCUT2D eigenvalue weighted by Gasteiger charge is -2.19. The summed E-state index contributed by atoms with van der Waals surface area (Å²) >= 11 is 0. The van der Waals surface area contributed by atoms with E-state index < -0.39 is 0 Å². The fourth-order valence-electron chi connectivity index (χ4n) is 2.07. The number of aliphatic hydroxyl groups excluding tert-OH is 1. The fourth-order valence-corrected chi connectivity index (χ4v) is 2.07. The van der Waals surface area contributed by atoms with Gasteiger partial charge in [0, 0.05) is 19.0 Å². The molecule has 0 aliphatic carbocycles. The molecule has 96 valence electrons. The average molecular weight is 244 g/mol. The number of hydrogen-bond donors (Lipinski definition) is 1. The summed E-state index contributed by atoms with van der Waals surface area (Å²) in [5.74, 6) is 0.936. The van der Waals surface area contributed by atoms with E-state index in [1.54, 1.807) is 0 Å². The van der Waals surface area contributed by atoms with E-state index in [9.17, 15) is 5.11 Å². The molecule has 0 saturated heterocycles. The number of hydrogen-bond acceptors (Lipinski definition) is 3. The molecule has 18 heavy (non-hydrogen) atoms. The molecule has 0 bridgehead atoms. The van der Waals surface area contributed by atoms with E-state index in [-0.39, 0.29) is 6.61 Å². The van der Waals surface area contributed by atoms with E-state index in [4.69, 9.17) is 0 Å². The zero-order chi connectivity index (χ0) is 13.0. The minimum absolute atomic E-state index is 0.0532. The van der Waals surface area contributed by atoms with E-state index in [1.165, 1.54) is 6.42 Å². The van der Waals surface area contributed by atoms with Crippen LogP contribution in [0.25, 0.3) is 10.9 Å². The Bertz CT molecular complexity index is 525. The van der Waals surface area contributed by atoms with Gasteiger partial charge in [-0.05, 0) is 24.1 Å². The van der Waals surface area contributed by atoms with Gasteiger partial charge in [0.05, 0.1) is 12.1 Å². The van der Waals surface area contributed by atoms with Gasteiger partial charge < -0.3 is 10.0 Å². The number of para-hydroxylation sites is 1. The van der Waals surface area contributed by atoms with Crippen LogP contribution in [0, 0.1) is 0 Å². The van der Waals surface area contributed by atoms with Gasteiger partial charge in [0.15, 0.2) is 0 Å². The molecule has 0 atom stereocenters. The molecule has 2 rings (SSSR count). The van der Waals surface area contributed by atoms with Crippen molar-refractivity contribution in [3.05, 3.63) is 35.9 Å². The van der Waals surface area contributed by atoms with Crippen LogP contribution in [0.1, 0.15) is 25.3 Å². The highest BCUT2D eigenvalue weighted by molar-refractivity contribution is 5.84. The highest BCUT2D eigenvalue weighted by Gasteiger charge is 2.07. The molecule has 0 spiro atoms. The summed E-state index contributed by atoms with van der Waals surface area (Å²) in [5.41, 5.74) is 1.89. The number of nitrogens with zero attached hydrogens (tertiary/aromatic N) is 2. The predicted octanol–water partition coefficient (Wildman–Crippen LogP) is 2.96. The average Bonchev–Trinajstić information content (AvgIpc) is 2.43. The molecular weight excluding hydrogens is 224 g/mol. The largest absolute Gasteiger partial charge is 0.392 e. The molecule has 0 aliphatic heterocycles. The van der Waals surface area contributed by atoms with Gasteiger partial charge in [0.1, 0.15) is 5.82 Å². The van der Waals surface area contributed by atoms with Crippen molar-refractivity contribution in [3.63, 3.8) is 0 Å². The molecule has 0 aliphatic rings. The highest BCUT2D eigenvalue weighted by atomic mass is 16.3. The molecule has 0 amide bonds. The van der Waals surface area contributed by atoms with E-state index in [2.05, 4.69) is 16.8 Å².